The number of oxime groups is 1. The van der Waals surface area contributed by atoms with E-state index in [9.17, 15) is 14.0 Å². The van der Waals surface area contributed by atoms with E-state index < -0.39 is 17.2 Å². The molecule has 23 heavy (non-hydrogen) atoms. The van der Waals surface area contributed by atoms with E-state index in [1.165, 1.54) is 24.1 Å². The highest BCUT2D eigenvalue weighted by molar-refractivity contribution is 6.33. The Balaban J connectivity index is 2.24. The zero-order chi connectivity index (χ0) is 16.6. The van der Waals surface area contributed by atoms with Gasteiger partial charge in [-0.05, 0) is 12.1 Å². The molecule has 0 amide bonds. The van der Waals surface area contributed by atoms with Gasteiger partial charge >= 0.3 is 11.4 Å². The van der Waals surface area contributed by atoms with Crippen LogP contribution in [0.3, 0.4) is 0 Å². The minimum Gasteiger partial charge on any atom is -0.399 e. The second-order valence-corrected chi connectivity index (χ2v) is 5.11. The molecule has 0 spiro atoms. The van der Waals surface area contributed by atoms with Crippen molar-refractivity contribution in [3.63, 3.8) is 0 Å². The second kappa shape index (κ2) is 6.01. The Labute approximate surface area is 133 Å². The molecule has 0 bridgehead atoms. The Kier molecular flexibility index (Phi) is 4.05. The third kappa shape index (κ3) is 2.57. The van der Waals surface area contributed by atoms with Crippen LogP contribution in [0.15, 0.2) is 26.9 Å². The molecule has 2 aromatic rings. The zero-order valence-electron chi connectivity index (χ0n) is 12.0. The molecule has 0 N–H and O–H groups in total. The highest BCUT2D eigenvalue weighted by Crippen LogP contribution is 2.21. The zero-order valence-corrected chi connectivity index (χ0v) is 12.8. The molecular formula is C13H12ClFN4O4. The van der Waals surface area contributed by atoms with Gasteiger partial charge in [0.25, 0.3) is 0 Å². The molecule has 122 valence electrons. The smallest absolute Gasteiger partial charge is 0.354 e. The van der Waals surface area contributed by atoms with E-state index in [1.54, 1.807) is 0 Å². The summed E-state index contributed by atoms with van der Waals surface area (Å²) in [6, 6.07) is 2.27. The summed E-state index contributed by atoms with van der Waals surface area (Å²) in [5, 5.41) is 3.63. The molecule has 1 aliphatic rings. The fourth-order valence-electron chi connectivity index (χ4n) is 2.30. The van der Waals surface area contributed by atoms with E-state index in [4.69, 9.17) is 16.3 Å². The van der Waals surface area contributed by atoms with Crippen LogP contribution in [0.2, 0.25) is 5.02 Å². The molecule has 0 atom stereocenters. The van der Waals surface area contributed by atoms with E-state index in [0.29, 0.717) is 12.2 Å². The van der Waals surface area contributed by atoms with Crippen LogP contribution in [-0.2, 0) is 22.9 Å². The van der Waals surface area contributed by atoms with Crippen LogP contribution in [0.5, 0.6) is 0 Å². The summed E-state index contributed by atoms with van der Waals surface area (Å²) in [5.41, 5.74) is -1.24. The lowest BCUT2D eigenvalue weighted by Crippen LogP contribution is -2.33. The second-order valence-electron chi connectivity index (χ2n) is 4.70. The van der Waals surface area contributed by atoms with Crippen LogP contribution in [0.4, 0.5) is 4.39 Å². The fourth-order valence-corrected chi connectivity index (χ4v) is 2.50. The Hall–Kier alpha value is -2.39. The van der Waals surface area contributed by atoms with Gasteiger partial charge < -0.3 is 9.57 Å². The fraction of sp³-hybridized carbons (Fsp3) is 0.308. The predicted octanol–water partition coefficient (Wildman–Crippen LogP) is 0.561. The number of ether oxygens (including phenoxy) is 1. The molecule has 0 saturated carbocycles. The van der Waals surface area contributed by atoms with Crippen molar-refractivity contribution in [3.8, 4) is 5.69 Å². The highest BCUT2D eigenvalue weighted by atomic mass is 35.5. The number of fused-ring (bicyclic) bond motifs is 1. The molecule has 1 aromatic carbocycles. The quantitative estimate of drug-likeness (QED) is 0.603. The van der Waals surface area contributed by atoms with Crippen LogP contribution in [0.1, 0.15) is 5.56 Å². The third-order valence-corrected chi connectivity index (χ3v) is 3.71. The number of hydrogen-bond donors (Lipinski definition) is 0. The Morgan fingerprint density at radius 1 is 1.35 bits per heavy atom. The molecule has 0 aliphatic carbocycles. The summed E-state index contributed by atoms with van der Waals surface area (Å²) >= 11 is 5.92. The molecule has 3 rings (SSSR count). The summed E-state index contributed by atoms with van der Waals surface area (Å²) in [6.07, 6.45) is 1.26. The summed E-state index contributed by atoms with van der Waals surface area (Å²) in [7, 11) is 1.34. The maximum absolute atomic E-state index is 14.3. The number of halogens is 2. The average Bonchev–Trinajstić information content (AvgIpc) is 2.79. The molecule has 1 aliphatic heterocycles. The van der Waals surface area contributed by atoms with Crippen molar-refractivity contribution in [2.45, 2.75) is 13.3 Å². The largest absolute Gasteiger partial charge is 0.399 e. The lowest BCUT2D eigenvalue weighted by molar-refractivity contribution is 0.0119. The number of benzene rings is 1. The van der Waals surface area contributed by atoms with Gasteiger partial charge in [0.15, 0.2) is 0 Å². The number of nitrogens with zero attached hydrogens (tertiary/aromatic N) is 4. The van der Waals surface area contributed by atoms with Crippen LogP contribution in [0.25, 0.3) is 5.69 Å². The Bertz CT molecular complexity index is 861. The van der Waals surface area contributed by atoms with Gasteiger partial charge in [0.2, 0.25) is 0 Å². The van der Waals surface area contributed by atoms with Gasteiger partial charge in [-0.1, -0.05) is 16.8 Å². The lowest BCUT2D eigenvalue weighted by Gasteiger charge is -2.14. The highest BCUT2D eigenvalue weighted by Gasteiger charge is 2.22. The van der Waals surface area contributed by atoms with Gasteiger partial charge in [0, 0.05) is 5.56 Å². The van der Waals surface area contributed by atoms with Crippen LogP contribution >= 0.6 is 11.6 Å². The van der Waals surface area contributed by atoms with E-state index in [0.717, 1.165) is 15.3 Å². The van der Waals surface area contributed by atoms with Crippen molar-refractivity contribution in [3.05, 3.63) is 49.5 Å². The van der Waals surface area contributed by atoms with Gasteiger partial charge in [-0.3, -0.25) is 0 Å². The van der Waals surface area contributed by atoms with E-state index in [1.807, 2.05) is 0 Å². The number of rotatable bonds is 3. The standard InChI is InChI=1S/C13H12ClFN4O4/c1-22-16-6-8-4-11(10(15)5-9(8)14)19-12(20)17-2-3-23-7-18(17)13(19)21/h4-6H,2-3,7H2,1H3/b16-6+. The summed E-state index contributed by atoms with van der Waals surface area (Å²) in [6.45, 7) is 0.459. The van der Waals surface area contributed by atoms with Crippen molar-refractivity contribution in [1.82, 2.24) is 13.9 Å². The molecule has 8 nitrogen and oxygen atoms in total. The van der Waals surface area contributed by atoms with Crippen molar-refractivity contribution >= 4 is 17.8 Å². The van der Waals surface area contributed by atoms with Crippen molar-refractivity contribution in [2.24, 2.45) is 5.16 Å². The van der Waals surface area contributed by atoms with Crippen molar-refractivity contribution in [2.75, 3.05) is 13.7 Å². The predicted molar refractivity (Wildman–Crippen MR) is 79.8 cm³/mol. The average molecular weight is 343 g/mol. The normalized spacial score (nSPS) is 14.2. The van der Waals surface area contributed by atoms with Gasteiger partial charge in [-0.25, -0.2) is 27.9 Å². The van der Waals surface area contributed by atoms with Gasteiger partial charge in [0.05, 0.1) is 30.1 Å². The van der Waals surface area contributed by atoms with Gasteiger partial charge in [-0.15, -0.1) is 0 Å². The molecule has 0 radical (unpaired) electrons. The van der Waals surface area contributed by atoms with E-state index in [-0.39, 0.29) is 24.0 Å². The van der Waals surface area contributed by atoms with Crippen LogP contribution < -0.4 is 11.4 Å². The minimum absolute atomic E-state index is 0.0612. The monoisotopic (exact) mass is 342 g/mol. The van der Waals surface area contributed by atoms with Gasteiger partial charge in [-0.2, -0.15) is 0 Å². The molecule has 10 heteroatoms. The molecule has 2 heterocycles. The molecule has 1 aromatic heterocycles. The van der Waals surface area contributed by atoms with Gasteiger partial charge in [0.1, 0.15) is 19.7 Å². The minimum atomic E-state index is -0.798. The molecule has 0 fully saturated rings. The van der Waals surface area contributed by atoms with Crippen LogP contribution in [-0.4, -0.2) is 33.9 Å². The summed E-state index contributed by atoms with van der Waals surface area (Å²) < 4.78 is 22.5. The molecule has 0 unspecified atom stereocenters. The first-order chi connectivity index (χ1) is 11.0. The molecular weight excluding hydrogens is 331 g/mol. The topological polar surface area (TPSA) is 79.8 Å². The van der Waals surface area contributed by atoms with E-state index in [2.05, 4.69) is 9.99 Å². The first-order valence-electron chi connectivity index (χ1n) is 6.61. The molecule has 0 saturated heterocycles. The summed E-state index contributed by atoms with van der Waals surface area (Å²) in [5.74, 6) is -0.798. The summed E-state index contributed by atoms with van der Waals surface area (Å²) in [4.78, 5) is 29.3. The first-order valence-corrected chi connectivity index (χ1v) is 6.98. The van der Waals surface area contributed by atoms with Crippen molar-refractivity contribution in [1.29, 1.82) is 0 Å². The number of aromatic nitrogens is 3. The van der Waals surface area contributed by atoms with Crippen LogP contribution in [0, 0.1) is 5.82 Å². The maximum atomic E-state index is 14.3. The Morgan fingerprint density at radius 2 is 2.09 bits per heavy atom. The first kappa shape index (κ1) is 15.5. The lowest BCUT2D eigenvalue weighted by atomic mass is 10.2. The third-order valence-electron chi connectivity index (χ3n) is 3.38. The number of hydrogen-bond acceptors (Lipinski definition) is 5. The van der Waals surface area contributed by atoms with E-state index >= 15 is 0 Å². The maximum Gasteiger partial charge on any atom is 0.354 e. The van der Waals surface area contributed by atoms with Crippen molar-refractivity contribution < 1.29 is 14.0 Å². The Morgan fingerprint density at radius 3 is 2.78 bits per heavy atom. The SMILES string of the molecule is CO/N=C/c1cc(-n2c(=O)n3n(c2=O)COCC3)c(F)cc1Cl.